The average Bonchev–Trinajstić information content (AvgIpc) is 2.58. The second-order valence-electron chi connectivity index (χ2n) is 5.43. The first-order valence-electron chi connectivity index (χ1n) is 8.06. The number of hydrogen-bond acceptors (Lipinski definition) is 6. The molecule has 0 aliphatic heterocycles. The van der Waals surface area contributed by atoms with Crippen molar-refractivity contribution in [1.29, 1.82) is 0 Å². The molecule has 1 heterocycles. The van der Waals surface area contributed by atoms with Gasteiger partial charge in [0.25, 0.3) is 5.91 Å². The number of ether oxygens (including phenoxy) is 1. The number of rotatable bonds is 8. The zero-order valence-corrected chi connectivity index (χ0v) is 15.5. The van der Waals surface area contributed by atoms with E-state index in [2.05, 4.69) is 27.4 Å². The van der Waals surface area contributed by atoms with Gasteiger partial charge < -0.3 is 4.74 Å². The maximum Gasteiger partial charge on any atom is 0.250 e. The molecule has 0 bridgehead atoms. The molecule has 2 aromatic rings. The van der Waals surface area contributed by atoms with Crippen molar-refractivity contribution in [2.75, 3.05) is 12.4 Å². The Morgan fingerprint density at radius 2 is 1.92 bits per heavy atom. The van der Waals surface area contributed by atoms with Crippen molar-refractivity contribution in [3.05, 3.63) is 47.3 Å². The Labute approximate surface area is 152 Å². The monoisotopic (exact) mass is 358 g/mol. The summed E-state index contributed by atoms with van der Waals surface area (Å²) in [5.41, 5.74) is 5.16. The number of nitrogens with zero attached hydrogens (tertiary/aromatic N) is 3. The Balaban J connectivity index is 1.78. The Bertz CT molecular complexity index is 712. The summed E-state index contributed by atoms with van der Waals surface area (Å²) in [6, 6.07) is 9.43. The topological polar surface area (TPSA) is 76.5 Å². The number of thioether (sulfide) groups is 1. The molecule has 0 fully saturated rings. The van der Waals surface area contributed by atoms with Gasteiger partial charge in [-0.05, 0) is 56.2 Å². The second kappa shape index (κ2) is 9.78. The molecule has 1 aromatic carbocycles. The van der Waals surface area contributed by atoms with E-state index in [0.717, 1.165) is 29.1 Å². The van der Waals surface area contributed by atoms with Gasteiger partial charge in [-0.1, -0.05) is 18.7 Å². The highest BCUT2D eigenvalue weighted by Crippen LogP contribution is 2.13. The fourth-order valence-electron chi connectivity index (χ4n) is 1.97. The summed E-state index contributed by atoms with van der Waals surface area (Å²) >= 11 is 1.29. The number of benzene rings is 1. The summed E-state index contributed by atoms with van der Waals surface area (Å²) in [7, 11) is 0. The molecular formula is C18H22N4O2S. The minimum absolute atomic E-state index is 0.202. The van der Waals surface area contributed by atoms with Gasteiger partial charge >= 0.3 is 0 Å². The largest absolute Gasteiger partial charge is 0.494 e. The van der Waals surface area contributed by atoms with Crippen LogP contribution in [0.25, 0.3) is 0 Å². The third kappa shape index (κ3) is 6.93. The highest BCUT2D eigenvalue weighted by atomic mass is 32.2. The van der Waals surface area contributed by atoms with Gasteiger partial charge in [-0.2, -0.15) is 5.10 Å². The van der Waals surface area contributed by atoms with Crippen molar-refractivity contribution in [2.45, 2.75) is 32.3 Å². The van der Waals surface area contributed by atoms with E-state index in [1.54, 1.807) is 6.21 Å². The number of hydrazone groups is 1. The minimum atomic E-state index is -0.202. The molecule has 1 amide bonds. The fourth-order valence-corrected chi connectivity index (χ4v) is 2.71. The molecule has 7 heteroatoms. The first-order valence-corrected chi connectivity index (χ1v) is 9.05. The predicted molar refractivity (Wildman–Crippen MR) is 100 cm³/mol. The molecule has 0 saturated heterocycles. The molecule has 0 aliphatic rings. The van der Waals surface area contributed by atoms with Gasteiger partial charge in [-0.3, -0.25) is 4.79 Å². The molecule has 1 aromatic heterocycles. The fraction of sp³-hybridized carbons (Fsp3) is 0.333. The van der Waals surface area contributed by atoms with Crippen molar-refractivity contribution in [2.24, 2.45) is 5.10 Å². The number of amides is 1. The van der Waals surface area contributed by atoms with Gasteiger partial charge in [-0.15, -0.1) is 0 Å². The van der Waals surface area contributed by atoms with Crippen molar-refractivity contribution in [1.82, 2.24) is 15.4 Å². The number of hydrogen-bond donors (Lipinski definition) is 1. The minimum Gasteiger partial charge on any atom is -0.494 e. The summed E-state index contributed by atoms with van der Waals surface area (Å²) in [5, 5.41) is 4.56. The van der Waals surface area contributed by atoms with Crippen LogP contribution in [0.3, 0.4) is 0 Å². The molecule has 1 N–H and O–H groups in total. The molecular weight excluding hydrogens is 336 g/mol. The summed E-state index contributed by atoms with van der Waals surface area (Å²) in [5.74, 6) is 0.837. The van der Waals surface area contributed by atoms with Gasteiger partial charge in [0.05, 0.1) is 18.6 Å². The van der Waals surface area contributed by atoms with E-state index >= 15 is 0 Å². The van der Waals surface area contributed by atoms with Crippen molar-refractivity contribution in [3.63, 3.8) is 0 Å². The first kappa shape index (κ1) is 18.9. The Kier molecular flexibility index (Phi) is 7.40. The summed E-state index contributed by atoms with van der Waals surface area (Å²) in [4.78, 5) is 20.4. The maximum absolute atomic E-state index is 11.8. The van der Waals surface area contributed by atoms with Gasteiger partial charge in [0.2, 0.25) is 0 Å². The predicted octanol–water partition coefficient (Wildman–Crippen LogP) is 3.12. The summed E-state index contributed by atoms with van der Waals surface area (Å²) < 4.78 is 5.51. The van der Waals surface area contributed by atoms with E-state index in [4.69, 9.17) is 4.74 Å². The third-order valence-electron chi connectivity index (χ3n) is 3.05. The van der Waals surface area contributed by atoms with E-state index in [-0.39, 0.29) is 11.7 Å². The Morgan fingerprint density at radius 1 is 1.24 bits per heavy atom. The van der Waals surface area contributed by atoms with Crippen molar-refractivity contribution in [3.8, 4) is 5.75 Å². The maximum atomic E-state index is 11.8. The molecule has 0 atom stereocenters. The molecule has 0 spiro atoms. The lowest BCUT2D eigenvalue weighted by molar-refractivity contribution is -0.118. The van der Waals surface area contributed by atoms with E-state index in [0.29, 0.717) is 11.8 Å². The van der Waals surface area contributed by atoms with Crippen LogP contribution in [0.5, 0.6) is 5.75 Å². The van der Waals surface area contributed by atoms with E-state index < -0.39 is 0 Å². The van der Waals surface area contributed by atoms with Crippen LogP contribution in [0.4, 0.5) is 0 Å². The average molecular weight is 358 g/mol. The number of carbonyl (C=O) groups is 1. The van der Waals surface area contributed by atoms with E-state index in [1.807, 2.05) is 44.2 Å². The number of carbonyl (C=O) groups excluding carboxylic acids is 1. The second-order valence-corrected chi connectivity index (χ2v) is 6.38. The van der Waals surface area contributed by atoms with Gasteiger partial charge in [-0.25, -0.2) is 15.4 Å². The van der Waals surface area contributed by atoms with Crippen LogP contribution in [0.2, 0.25) is 0 Å². The molecule has 0 radical (unpaired) electrons. The van der Waals surface area contributed by atoms with Crippen LogP contribution in [0.15, 0.2) is 40.6 Å². The van der Waals surface area contributed by atoms with Gasteiger partial charge in [0.15, 0.2) is 5.16 Å². The normalized spacial score (nSPS) is 10.8. The number of nitrogens with one attached hydrogen (secondary N) is 1. The van der Waals surface area contributed by atoms with E-state index in [9.17, 15) is 4.79 Å². The quantitative estimate of drug-likeness (QED) is 0.340. The van der Waals surface area contributed by atoms with Gasteiger partial charge in [0.1, 0.15) is 5.75 Å². The van der Waals surface area contributed by atoms with Crippen molar-refractivity contribution < 1.29 is 9.53 Å². The molecule has 0 aliphatic carbocycles. The Hall–Kier alpha value is -2.41. The molecule has 0 unspecified atom stereocenters. The molecule has 25 heavy (non-hydrogen) atoms. The van der Waals surface area contributed by atoms with Crippen LogP contribution >= 0.6 is 11.8 Å². The van der Waals surface area contributed by atoms with Crippen LogP contribution in [-0.2, 0) is 4.79 Å². The molecule has 132 valence electrons. The zero-order valence-electron chi connectivity index (χ0n) is 14.7. The highest BCUT2D eigenvalue weighted by molar-refractivity contribution is 7.99. The standard InChI is InChI=1S/C18H22N4O2S/c1-4-9-24-16-7-5-15(6-8-16)11-19-22-17(23)12-25-18-20-13(2)10-14(3)21-18/h5-8,10-11H,4,9,12H2,1-3H3,(H,22,23)/b19-11+. The first-order chi connectivity index (χ1) is 12.1. The lowest BCUT2D eigenvalue weighted by Gasteiger charge is -2.04. The zero-order chi connectivity index (χ0) is 18.1. The van der Waals surface area contributed by atoms with Gasteiger partial charge in [0, 0.05) is 11.4 Å². The van der Waals surface area contributed by atoms with Crippen LogP contribution < -0.4 is 10.2 Å². The molecule has 2 rings (SSSR count). The lowest BCUT2D eigenvalue weighted by atomic mass is 10.2. The van der Waals surface area contributed by atoms with Crippen LogP contribution in [0, 0.1) is 13.8 Å². The van der Waals surface area contributed by atoms with Crippen LogP contribution in [0.1, 0.15) is 30.3 Å². The van der Waals surface area contributed by atoms with Crippen molar-refractivity contribution >= 4 is 23.9 Å². The third-order valence-corrected chi connectivity index (χ3v) is 3.90. The summed E-state index contributed by atoms with van der Waals surface area (Å²) in [6.07, 6.45) is 2.57. The Morgan fingerprint density at radius 3 is 2.56 bits per heavy atom. The lowest BCUT2D eigenvalue weighted by Crippen LogP contribution is -2.19. The smallest absolute Gasteiger partial charge is 0.250 e. The SMILES string of the molecule is CCCOc1ccc(/C=N/NC(=O)CSc2nc(C)cc(C)n2)cc1. The molecule has 6 nitrogen and oxygen atoms in total. The van der Waals surface area contributed by atoms with Crippen LogP contribution in [-0.4, -0.2) is 34.4 Å². The number of aryl methyl sites for hydroxylation is 2. The van der Waals surface area contributed by atoms with E-state index in [1.165, 1.54) is 11.8 Å². The summed E-state index contributed by atoms with van der Waals surface area (Å²) in [6.45, 7) is 6.57. The molecule has 0 saturated carbocycles. The highest BCUT2D eigenvalue weighted by Gasteiger charge is 2.05. The number of aromatic nitrogens is 2.